The Morgan fingerprint density at radius 1 is 1.20 bits per heavy atom. The molecule has 2 aromatic rings. The summed E-state index contributed by atoms with van der Waals surface area (Å²) in [4.78, 5) is 25.0. The van der Waals surface area contributed by atoms with Crippen molar-refractivity contribution in [3.8, 4) is 0 Å². The van der Waals surface area contributed by atoms with Gasteiger partial charge >= 0.3 is 0 Å². The van der Waals surface area contributed by atoms with Crippen LogP contribution in [0.3, 0.4) is 0 Å². The van der Waals surface area contributed by atoms with Gasteiger partial charge in [0.25, 0.3) is 11.8 Å². The molecule has 1 unspecified atom stereocenters. The van der Waals surface area contributed by atoms with Crippen molar-refractivity contribution in [1.29, 1.82) is 0 Å². The Kier molecular flexibility index (Phi) is 7.43. The third-order valence-electron chi connectivity index (χ3n) is 4.13. The van der Waals surface area contributed by atoms with Crippen molar-refractivity contribution >= 4 is 41.2 Å². The van der Waals surface area contributed by atoms with Gasteiger partial charge in [-0.2, -0.15) is 0 Å². The van der Waals surface area contributed by atoms with Crippen molar-refractivity contribution in [3.05, 3.63) is 52.2 Å². The molecule has 134 valence electrons. The summed E-state index contributed by atoms with van der Waals surface area (Å²) < 4.78 is 0. The second-order valence-electron chi connectivity index (χ2n) is 5.92. The van der Waals surface area contributed by atoms with Crippen LogP contribution in [-0.2, 0) is 0 Å². The van der Waals surface area contributed by atoms with Crippen LogP contribution in [0, 0.1) is 5.92 Å². The molecule has 3 N–H and O–H groups in total. The molecule has 1 saturated heterocycles. The Morgan fingerprint density at radius 2 is 2.08 bits per heavy atom. The zero-order valence-electron chi connectivity index (χ0n) is 13.8. The molecule has 2 amide bonds. The van der Waals surface area contributed by atoms with Gasteiger partial charge in [0.05, 0.1) is 4.88 Å². The molecule has 1 aliphatic rings. The molecule has 5 nitrogen and oxygen atoms in total. The van der Waals surface area contributed by atoms with E-state index in [1.807, 2.05) is 11.4 Å². The SMILES string of the molecule is Cl.O=C(NCCC1CCNC1)c1cccc(NC(=O)c2cccs2)c1. The number of halogens is 1. The molecule has 1 aliphatic heterocycles. The topological polar surface area (TPSA) is 70.2 Å². The molecular weight excluding hydrogens is 358 g/mol. The van der Waals surface area contributed by atoms with E-state index in [1.54, 1.807) is 30.3 Å². The van der Waals surface area contributed by atoms with Crippen LogP contribution in [0.15, 0.2) is 41.8 Å². The Morgan fingerprint density at radius 3 is 2.80 bits per heavy atom. The van der Waals surface area contributed by atoms with Gasteiger partial charge < -0.3 is 16.0 Å². The van der Waals surface area contributed by atoms with E-state index in [4.69, 9.17) is 0 Å². The number of benzene rings is 1. The summed E-state index contributed by atoms with van der Waals surface area (Å²) in [5, 5.41) is 11.0. The predicted octanol–water partition coefficient (Wildman–Crippen LogP) is 3.15. The molecule has 25 heavy (non-hydrogen) atoms. The molecule has 3 rings (SSSR count). The second kappa shape index (κ2) is 9.56. The van der Waals surface area contributed by atoms with Gasteiger partial charge in [0.1, 0.15) is 0 Å². The van der Waals surface area contributed by atoms with Crippen LogP contribution in [0.4, 0.5) is 5.69 Å². The van der Waals surface area contributed by atoms with E-state index in [1.165, 1.54) is 17.8 Å². The average Bonchev–Trinajstić information content (AvgIpc) is 3.29. The van der Waals surface area contributed by atoms with Crippen molar-refractivity contribution in [2.75, 3.05) is 25.0 Å². The highest BCUT2D eigenvalue weighted by atomic mass is 35.5. The summed E-state index contributed by atoms with van der Waals surface area (Å²) in [6, 6.07) is 10.6. The van der Waals surface area contributed by atoms with Crippen LogP contribution >= 0.6 is 23.7 Å². The monoisotopic (exact) mass is 379 g/mol. The third-order valence-corrected chi connectivity index (χ3v) is 5.00. The fourth-order valence-electron chi connectivity index (χ4n) is 2.79. The van der Waals surface area contributed by atoms with E-state index in [0.29, 0.717) is 28.6 Å². The lowest BCUT2D eigenvalue weighted by Crippen LogP contribution is -2.26. The molecule has 1 fully saturated rings. The first kappa shape index (κ1) is 19.4. The maximum atomic E-state index is 12.2. The molecule has 1 atom stereocenters. The first-order valence-corrected chi connectivity index (χ1v) is 9.04. The Balaban J connectivity index is 0.00000225. The summed E-state index contributed by atoms with van der Waals surface area (Å²) in [7, 11) is 0. The smallest absolute Gasteiger partial charge is 0.265 e. The predicted molar refractivity (Wildman–Crippen MR) is 104 cm³/mol. The number of hydrogen-bond acceptors (Lipinski definition) is 4. The van der Waals surface area contributed by atoms with Gasteiger partial charge in [-0.25, -0.2) is 0 Å². The van der Waals surface area contributed by atoms with E-state index in [-0.39, 0.29) is 24.2 Å². The van der Waals surface area contributed by atoms with Gasteiger partial charge in [0, 0.05) is 17.8 Å². The first-order chi connectivity index (χ1) is 11.7. The van der Waals surface area contributed by atoms with Crippen molar-refractivity contribution in [1.82, 2.24) is 10.6 Å². The van der Waals surface area contributed by atoms with Crippen molar-refractivity contribution in [3.63, 3.8) is 0 Å². The van der Waals surface area contributed by atoms with Crippen LogP contribution in [0.2, 0.25) is 0 Å². The minimum atomic E-state index is -0.156. The van der Waals surface area contributed by atoms with E-state index in [0.717, 1.165) is 19.5 Å². The Hall–Kier alpha value is -1.89. The van der Waals surface area contributed by atoms with Gasteiger partial charge in [-0.15, -0.1) is 23.7 Å². The number of rotatable bonds is 6. The summed E-state index contributed by atoms with van der Waals surface area (Å²) in [6.07, 6.45) is 2.17. The second-order valence-corrected chi connectivity index (χ2v) is 6.86. The maximum Gasteiger partial charge on any atom is 0.265 e. The van der Waals surface area contributed by atoms with Crippen LogP contribution in [0.5, 0.6) is 0 Å². The minimum Gasteiger partial charge on any atom is -0.352 e. The number of amides is 2. The lowest BCUT2D eigenvalue weighted by molar-refractivity contribution is 0.0950. The summed E-state index contributed by atoms with van der Waals surface area (Å²) in [5.74, 6) is 0.395. The molecular formula is C18H22ClN3O2S. The Bertz CT molecular complexity index is 700. The number of thiophene rings is 1. The highest BCUT2D eigenvalue weighted by Crippen LogP contribution is 2.15. The number of carbonyl (C=O) groups excluding carboxylic acids is 2. The van der Waals surface area contributed by atoms with Gasteiger partial charge in [0.2, 0.25) is 0 Å². The average molecular weight is 380 g/mol. The number of anilines is 1. The highest BCUT2D eigenvalue weighted by molar-refractivity contribution is 7.12. The van der Waals surface area contributed by atoms with E-state index < -0.39 is 0 Å². The third kappa shape index (κ3) is 5.56. The summed E-state index contributed by atoms with van der Waals surface area (Å²) >= 11 is 1.39. The highest BCUT2D eigenvalue weighted by Gasteiger charge is 2.15. The molecule has 0 spiro atoms. The lowest BCUT2D eigenvalue weighted by atomic mass is 10.1. The van der Waals surface area contributed by atoms with Crippen LogP contribution in [0.1, 0.15) is 32.9 Å². The van der Waals surface area contributed by atoms with Gasteiger partial charge in [-0.05, 0) is 61.5 Å². The standard InChI is InChI=1S/C18H21N3O2S.ClH/c22-17(20-9-7-13-6-8-19-12-13)14-3-1-4-15(11-14)21-18(23)16-5-2-10-24-16;/h1-5,10-11,13,19H,6-9,12H2,(H,20,22)(H,21,23);1H. The molecule has 0 bridgehead atoms. The number of hydrogen-bond donors (Lipinski definition) is 3. The van der Waals surface area contributed by atoms with E-state index in [9.17, 15) is 9.59 Å². The zero-order valence-corrected chi connectivity index (χ0v) is 15.4. The van der Waals surface area contributed by atoms with Crippen LogP contribution < -0.4 is 16.0 Å². The first-order valence-electron chi connectivity index (χ1n) is 8.16. The van der Waals surface area contributed by atoms with Crippen molar-refractivity contribution in [2.24, 2.45) is 5.92 Å². The molecule has 2 heterocycles. The van der Waals surface area contributed by atoms with Gasteiger partial charge in [-0.3, -0.25) is 9.59 Å². The molecule has 0 radical (unpaired) electrons. The fourth-order valence-corrected chi connectivity index (χ4v) is 3.41. The lowest BCUT2D eigenvalue weighted by Gasteiger charge is -2.10. The van der Waals surface area contributed by atoms with Crippen LogP contribution in [-0.4, -0.2) is 31.4 Å². The maximum absolute atomic E-state index is 12.2. The molecule has 7 heteroatoms. The quantitative estimate of drug-likeness (QED) is 0.722. The number of carbonyl (C=O) groups is 2. The van der Waals surface area contributed by atoms with E-state index >= 15 is 0 Å². The van der Waals surface area contributed by atoms with Crippen LogP contribution in [0.25, 0.3) is 0 Å². The molecule has 1 aromatic carbocycles. The normalized spacial score (nSPS) is 16.1. The zero-order chi connectivity index (χ0) is 16.8. The summed E-state index contributed by atoms with van der Waals surface area (Å²) in [6.45, 7) is 2.79. The minimum absolute atomic E-state index is 0. The van der Waals surface area contributed by atoms with Gasteiger partial charge in [-0.1, -0.05) is 12.1 Å². The van der Waals surface area contributed by atoms with Crippen molar-refractivity contribution in [2.45, 2.75) is 12.8 Å². The fraction of sp³-hybridized carbons (Fsp3) is 0.333. The van der Waals surface area contributed by atoms with Crippen molar-refractivity contribution < 1.29 is 9.59 Å². The number of nitrogens with one attached hydrogen (secondary N) is 3. The molecule has 1 aromatic heterocycles. The van der Waals surface area contributed by atoms with Gasteiger partial charge in [0.15, 0.2) is 0 Å². The molecule has 0 saturated carbocycles. The Labute approximate surface area is 157 Å². The van der Waals surface area contributed by atoms with E-state index in [2.05, 4.69) is 16.0 Å². The summed E-state index contributed by atoms with van der Waals surface area (Å²) in [5.41, 5.74) is 1.18. The largest absolute Gasteiger partial charge is 0.352 e. The molecule has 0 aliphatic carbocycles.